The highest BCUT2D eigenvalue weighted by atomic mass is 32.2. The van der Waals surface area contributed by atoms with Crippen molar-refractivity contribution in [3.05, 3.63) is 29.8 Å². The van der Waals surface area contributed by atoms with Gasteiger partial charge in [0.25, 0.3) is 5.91 Å². The van der Waals surface area contributed by atoms with Crippen LogP contribution in [0.3, 0.4) is 0 Å². The zero-order chi connectivity index (χ0) is 18.3. The van der Waals surface area contributed by atoms with E-state index in [0.29, 0.717) is 17.4 Å². The van der Waals surface area contributed by atoms with Crippen LogP contribution in [0.1, 0.15) is 55.8 Å². The second-order valence-corrected chi connectivity index (χ2v) is 9.99. The van der Waals surface area contributed by atoms with Crippen molar-refractivity contribution in [2.24, 2.45) is 17.8 Å². The smallest absolute Gasteiger partial charge is 0.253 e. The van der Waals surface area contributed by atoms with Crippen molar-refractivity contribution < 1.29 is 13.2 Å². The first-order valence-electron chi connectivity index (χ1n) is 9.86. The van der Waals surface area contributed by atoms with E-state index >= 15 is 0 Å². The Labute approximate surface area is 156 Å². The van der Waals surface area contributed by atoms with Crippen molar-refractivity contribution >= 4 is 15.9 Å². The molecule has 2 aliphatic carbocycles. The van der Waals surface area contributed by atoms with Gasteiger partial charge >= 0.3 is 0 Å². The van der Waals surface area contributed by atoms with E-state index in [1.807, 2.05) is 11.8 Å². The normalized spacial score (nSPS) is 29.3. The monoisotopic (exact) mass is 376 g/mol. The average Bonchev–Trinajstić information content (AvgIpc) is 3.38. The molecule has 3 aliphatic rings. The van der Waals surface area contributed by atoms with E-state index in [4.69, 9.17) is 0 Å². The first-order valence-corrected chi connectivity index (χ1v) is 11.3. The van der Waals surface area contributed by atoms with Gasteiger partial charge in [-0.1, -0.05) is 6.42 Å². The van der Waals surface area contributed by atoms with Gasteiger partial charge in [-0.15, -0.1) is 0 Å². The number of rotatable bonds is 5. The lowest BCUT2D eigenvalue weighted by atomic mass is 9.84. The molecule has 26 heavy (non-hydrogen) atoms. The summed E-state index contributed by atoms with van der Waals surface area (Å²) in [5.41, 5.74) is 0.562. The fourth-order valence-corrected chi connectivity index (χ4v) is 6.48. The van der Waals surface area contributed by atoms with E-state index < -0.39 is 10.0 Å². The second kappa shape index (κ2) is 6.97. The number of hydrogen-bond acceptors (Lipinski definition) is 3. The van der Waals surface area contributed by atoms with Crippen molar-refractivity contribution in [3.63, 3.8) is 0 Å². The van der Waals surface area contributed by atoms with Crippen molar-refractivity contribution in [2.75, 3.05) is 13.1 Å². The lowest BCUT2D eigenvalue weighted by Gasteiger charge is -2.28. The van der Waals surface area contributed by atoms with Gasteiger partial charge in [-0.3, -0.25) is 4.79 Å². The third kappa shape index (κ3) is 3.41. The molecule has 5 nitrogen and oxygen atoms in total. The maximum absolute atomic E-state index is 12.7. The molecule has 0 unspecified atom stereocenters. The van der Waals surface area contributed by atoms with E-state index in [9.17, 15) is 13.2 Å². The van der Waals surface area contributed by atoms with Gasteiger partial charge in [-0.25, -0.2) is 13.1 Å². The molecule has 142 valence electrons. The Morgan fingerprint density at radius 1 is 1.12 bits per heavy atom. The molecule has 0 aromatic heterocycles. The van der Waals surface area contributed by atoms with Crippen LogP contribution in [0.15, 0.2) is 29.2 Å². The number of sulfonamides is 1. The zero-order valence-electron chi connectivity index (χ0n) is 15.4. The van der Waals surface area contributed by atoms with E-state index in [1.54, 1.807) is 24.3 Å². The van der Waals surface area contributed by atoms with Crippen LogP contribution in [0.25, 0.3) is 0 Å². The summed E-state index contributed by atoms with van der Waals surface area (Å²) in [6.45, 7) is 3.58. The number of nitrogens with zero attached hydrogens (tertiary/aromatic N) is 1. The number of carbonyl (C=O) groups excluding carboxylic acids is 1. The van der Waals surface area contributed by atoms with Gasteiger partial charge in [0.05, 0.1) is 4.90 Å². The molecule has 2 saturated carbocycles. The Morgan fingerprint density at radius 3 is 2.38 bits per heavy atom. The minimum absolute atomic E-state index is 0.00486. The summed E-state index contributed by atoms with van der Waals surface area (Å²) < 4.78 is 28.4. The number of carbonyl (C=O) groups is 1. The van der Waals surface area contributed by atoms with Gasteiger partial charge in [-0.05, 0) is 81.0 Å². The molecule has 1 aromatic carbocycles. The fraction of sp³-hybridized carbons (Fsp3) is 0.650. The van der Waals surface area contributed by atoms with Gasteiger partial charge in [0, 0.05) is 24.7 Å². The van der Waals surface area contributed by atoms with Crippen LogP contribution in [0, 0.1) is 17.8 Å². The Kier molecular flexibility index (Phi) is 4.82. The predicted molar refractivity (Wildman–Crippen MR) is 100 cm³/mol. The van der Waals surface area contributed by atoms with Crippen LogP contribution in [-0.2, 0) is 10.0 Å². The number of nitrogens with one attached hydrogen (secondary N) is 1. The molecular weight excluding hydrogens is 348 g/mol. The van der Waals surface area contributed by atoms with Crippen LogP contribution >= 0.6 is 0 Å². The third-order valence-corrected chi connectivity index (χ3v) is 8.16. The fourth-order valence-electron chi connectivity index (χ4n) is 5.19. The summed E-state index contributed by atoms with van der Waals surface area (Å²) in [6.07, 6.45) is 7.07. The highest BCUT2D eigenvalue weighted by molar-refractivity contribution is 7.89. The molecular formula is C20H28N2O3S. The van der Waals surface area contributed by atoms with E-state index in [1.165, 1.54) is 19.3 Å². The second-order valence-electron chi connectivity index (χ2n) is 8.27. The lowest BCUT2D eigenvalue weighted by Crippen LogP contribution is -2.40. The van der Waals surface area contributed by atoms with Crippen LogP contribution in [-0.4, -0.2) is 38.4 Å². The summed E-state index contributed by atoms with van der Waals surface area (Å²) in [6, 6.07) is 6.34. The van der Waals surface area contributed by atoms with E-state index in [0.717, 1.165) is 38.3 Å². The first kappa shape index (κ1) is 18.0. The summed E-state index contributed by atoms with van der Waals surface area (Å²) in [4.78, 5) is 14.5. The van der Waals surface area contributed by atoms with Crippen molar-refractivity contribution in [2.45, 2.75) is 56.4 Å². The molecule has 1 N–H and O–H groups in total. The van der Waals surface area contributed by atoms with Crippen LogP contribution in [0.4, 0.5) is 0 Å². The summed E-state index contributed by atoms with van der Waals surface area (Å²) >= 11 is 0. The van der Waals surface area contributed by atoms with Crippen LogP contribution in [0.5, 0.6) is 0 Å². The van der Waals surface area contributed by atoms with Crippen molar-refractivity contribution in [1.82, 2.24) is 9.62 Å². The lowest BCUT2D eigenvalue weighted by molar-refractivity contribution is 0.0792. The molecule has 1 aliphatic heterocycles. The number of likely N-dealkylation sites (tertiary alicyclic amines) is 1. The highest BCUT2D eigenvalue weighted by Gasteiger charge is 2.42. The number of fused-ring (bicyclic) bond motifs is 2. The standard InChI is InChI=1S/C20H28N2O3S/c1-14(19-13-15-4-5-17(19)12-15)21-26(24,25)18-8-6-16(7-9-18)20(23)22-10-2-3-11-22/h6-9,14-15,17,19,21H,2-5,10-13H2,1H3/t14-,15+,17+,19+/m1/s1. The Balaban J connectivity index is 1.43. The van der Waals surface area contributed by atoms with E-state index in [2.05, 4.69) is 4.72 Å². The van der Waals surface area contributed by atoms with Crippen molar-refractivity contribution in [1.29, 1.82) is 0 Å². The summed E-state index contributed by atoms with van der Waals surface area (Å²) in [5, 5.41) is 0. The molecule has 4 rings (SSSR count). The van der Waals surface area contributed by atoms with Gasteiger partial charge in [-0.2, -0.15) is 0 Å². The average molecular weight is 377 g/mol. The SMILES string of the molecule is C[C@@H](NS(=O)(=O)c1ccc(C(=O)N2CCCC2)cc1)[C@@H]1C[C@H]2CC[C@H]1C2. The molecule has 0 radical (unpaired) electrons. The molecule has 1 saturated heterocycles. The zero-order valence-corrected chi connectivity index (χ0v) is 16.2. The first-order chi connectivity index (χ1) is 12.4. The maximum atomic E-state index is 12.7. The number of hydrogen-bond donors (Lipinski definition) is 1. The topological polar surface area (TPSA) is 66.5 Å². The molecule has 6 heteroatoms. The quantitative estimate of drug-likeness (QED) is 0.859. The minimum Gasteiger partial charge on any atom is -0.339 e. The van der Waals surface area contributed by atoms with E-state index in [-0.39, 0.29) is 16.8 Å². The molecule has 2 bridgehead atoms. The minimum atomic E-state index is -3.55. The Morgan fingerprint density at radius 2 is 1.81 bits per heavy atom. The Hall–Kier alpha value is -1.40. The maximum Gasteiger partial charge on any atom is 0.253 e. The third-order valence-electron chi connectivity index (χ3n) is 6.58. The predicted octanol–water partition coefficient (Wildman–Crippen LogP) is 3.03. The number of amides is 1. The molecule has 1 aromatic rings. The summed E-state index contributed by atoms with van der Waals surface area (Å²) in [7, 11) is -3.55. The molecule has 1 heterocycles. The van der Waals surface area contributed by atoms with Gasteiger partial charge < -0.3 is 4.90 Å². The van der Waals surface area contributed by atoms with Crippen molar-refractivity contribution in [3.8, 4) is 0 Å². The van der Waals surface area contributed by atoms with Crippen LogP contribution in [0.2, 0.25) is 0 Å². The largest absolute Gasteiger partial charge is 0.339 e. The molecule has 4 atom stereocenters. The van der Waals surface area contributed by atoms with Gasteiger partial charge in [0.15, 0.2) is 0 Å². The van der Waals surface area contributed by atoms with Gasteiger partial charge in [0.1, 0.15) is 0 Å². The summed E-state index contributed by atoms with van der Waals surface area (Å²) in [5.74, 6) is 1.93. The molecule has 1 amide bonds. The van der Waals surface area contributed by atoms with Gasteiger partial charge in [0.2, 0.25) is 10.0 Å². The molecule has 0 spiro atoms. The number of benzene rings is 1. The molecule has 3 fully saturated rings. The highest BCUT2D eigenvalue weighted by Crippen LogP contribution is 2.49. The van der Waals surface area contributed by atoms with Crippen LogP contribution < -0.4 is 4.72 Å². The Bertz CT molecular complexity index is 769.